The van der Waals surface area contributed by atoms with Gasteiger partial charge in [0.2, 0.25) is 5.34 Å². The highest BCUT2D eigenvalue weighted by molar-refractivity contribution is 7.43. The van der Waals surface area contributed by atoms with Crippen LogP contribution in [-0.4, -0.2) is 22.9 Å². The maximum Gasteiger partial charge on any atom is 0.304 e. The first-order valence-corrected chi connectivity index (χ1v) is 10.5. The van der Waals surface area contributed by atoms with Gasteiger partial charge in [-0.05, 0) is 26.5 Å². The summed E-state index contributed by atoms with van der Waals surface area (Å²) in [7, 11) is 0.753. The predicted octanol–water partition coefficient (Wildman–Crippen LogP) is 5.83. The Kier molecular flexibility index (Phi) is 10.9. The monoisotopic (exact) mass is 352 g/mol. The van der Waals surface area contributed by atoms with Crippen LogP contribution >= 0.6 is 8.20 Å². The molecule has 24 heavy (non-hydrogen) atoms. The van der Waals surface area contributed by atoms with Crippen LogP contribution in [0.25, 0.3) is 0 Å². The molecule has 4 heteroatoms. The van der Waals surface area contributed by atoms with Crippen molar-refractivity contribution in [3.63, 3.8) is 0 Å². The van der Waals surface area contributed by atoms with Crippen molar-refractivity contribution in [3.05, 3.63) is 12.2 Å². The molecule has 0 amide bonds. The first kappa shape index (κ1) is 21.1. The van der Waals surface area contributed by atoms with Crippen LogP contribution in [0.15, 0.2) is 12.2 Å². The molecule has 0 aromatic heterocycles. The minimum atomic E-state index is -1.04. The largest absolute Gasteiger partial charge is 0.438 e. The van der Waals surface area contributed by atoms with Gasteiger partial charge in [0.1, 0.15) is 0 Å². The van der Waals surface area contributed by atoms with E-state index in [0.29, 0.717) is 6.42 Å². The molecule has 0 bridgehead atoms. The number of Topliss-reactive ketones (excluding diaryl/α,β-unsaturated/α-hetero) is 1. The van der Waals surface area contributed by atoms with Crippen molar-refractivity contribution in [1.82, 2.24) is 0 Å². The maximum atomic E-state index is 12.4. The average Bonchev–Trinajstić information content (AvgIpc) is 3.01. The lowest BCUT2D eigenvalue weighted by Crippen LogP contribution is -2.34. The molecule has 0 fully saturated rings. The van der Waals surface area contributed by atoms with E-state index in [-0.39, 0.29) is 5.78 Å². The molecule has 1 heterocycles. The summed E-state index contributed by atoms with van der Waals surface area (Å²) >= 11 is 0. The number of rotatable bonds is 14. The molecule has 1 rings (SSSR count). The molecular weight excluding hydrogens is 319 g/mol. The summed E-state index contributed by atoms with van der Waals surface area (Å²) in [6, 6.07) is 0. The third-order valence-electron chi connectivity index (χ3n) is 4.38. The van der Waals surface area contributed by atoms with Crippen molar-refractivity contribution < 1.29 is 14.3 Å². The standard InChI is InChI=1S/C20H33O3P/c1-3-4-5-6-7-8-9-10-11-12-13-15-19(22)20(23-18(2)21)16-14-17-24-20/h14,16-17H,3-13,15H2,1-2H3. The van der Waals surface area contributed by atoms with Gasteiger partial charge in [0.05, 0.1) is 0 Å². The maximum absolute atomic E-state index is 12.4. The summed E-state index contributed by atoms with van der Waals surface area (Å²) in [5, 5.41) is -1.04. The molecule has 3 nitrogen and oxygen atoms in total. The zero-order valence-electron chi connectivity index (χ0n) is 15.4. The Morgan fingerprint density at radius 3 is 1.92 bits per heavy atom. The second-order valence-corrected chi connectivity index (χ2v) is 7.86. The molecule has 1 unspecified atom stereocenters. The smallest absolute Gasteiger partial charge is 0.304 e. The lowest BCUT2D eigenvalue weighted by molar-refractivity contribution is -0.152. The highest BCUT2D eigenvalue weighted by Gasteiger charge is 2.38. The van der Waals surface area contributed by atoms with Crippen molar-refractivity contribution in [1.29, 1.82) is 0 Å². The van der Waals surface area contributed by atoms with E-state index in [9.17, 15) is 9.59 Å². The van der Waals surface area contributed by atoms with Gasteiger partial charge in [-0.2, -0.15) is 0 Å². The quantitative estimate of drug-likeness (QED) is 0.224. The summed E-state index contributed by atoms with van der Waals surface area (Å²) in [5.41, 5.74) is 0. The SMILES string of the molecule is CCCCCCCCCCCCCC(=O)C1(OC(C)=O)C=CC=P1. The highest BCUT2D eigenvalue weighted by atomic mass is 31.1. The van der Waals surface area contributed by atoms with Gasteiger partial charge in [-0.3, -0.25) is 9.59 Å². The predicted molar refractivity (Wildman–Crippen MR) is 103 cm³/mol. The normalized spacial score (nSPS) is 19.6. The van der Waals surface area contributed by atoms with Crippen LogP contribution < -0.4 is 0 Å². The molecule has 0 spiro atoms. The van der Waals surface area contributed by atoms with Crippen LogP contribution in [0.2, 0.25) is 0 Å². The lowest BCUT2D eigenvalue weighted by atomic mass is 10.0. The van der Waals surface area contributed by atoms with Gasteiger partial charge in [0.25, 0.3) is 0 Å². The molecule has 0 aromatic carbocycles. The van der Waals surface area contributed by atoms with Crippen molar-refractivity contribution in [3.8, 4) is 0 Å². The second-order valence-electron chi connectivity index (χ2n) is 6.64. The molecule has 1 aliphatic rings. The number of unbranched alkanes of at least 4 members (excludes halogenated alkanes) is 10. The fourth-order valence-corrected chi connectivity index (χ4v) is 4.00. The van der Waals surface area contributed by atoms with Crippen molar-refractivity contribution >= 4 is 25.8 Å². The third kappa shape index (κ3) is 8.24. The molecule has 136 valence electrons. The van der Waals surface area contributed by atoms with Crippen LogP contribution in [0.5, 0.6) is 0 Å². The molecule has 0 saturated heterocycles. The Bertz CT molecular complexity index is 428. The van der Waals surface area contributed by atoms with E-state index in [4.69, 9.17) is 4.74 Å². The minimum absolute atomic E-state index is 0.0280. The number of allylic oxidation sites excluding steroid dienone is 1. The number of carbonyl (C=O) groups is 2. The number of esters is 1. The van der Waals surface area contributed by atoms with Crippen molar-refractivity contribution in [2.24, 2.45) is 0 Å². The first-order chi connectivity index (χ1) is 11.6. The third-order valence-corrected chi connectivity index (χ3v) is 5.58. The van der Waals surface area contributed by atoms with Crippen LogP contribution in [0.4, 0.5) is 0 Å². The summed E-state index contributed by atoms with van der Waals surface area (Å²) in [4.78, 5) is 23.7. The molecule has 0 aromatic rings. The molecule has 0 aliphatic carbocycles. The molecule has 0 saturated carbocycles. The van der Waals surface area contributed by atoms with Crippen molar-refractivity contribution in [2.75, 3.05) is 0 Å². The van der Waals surface area contributed by atoms with E-state index in [2.05, 4.69) is 6.92 Å². The fraction of sp³-hybridized carbons (Fsp3) is 0.750. The van der Waals surface area contributed by atoms with Gasteiger partial charge >= 0.3 is 5.97 Å². The molecular formula is C20H33O3P. The van der Waals surface area contributed by atoms with Crippen LogP contribution in [-0.2, 0) is 14.3 Å². The van der Waals surface area contributed by atoms with E-state index >= 15 is 0 Å². The fourth-order valence-electron chi connectivity index (χ4n) is 3.00. The van der Waals surface area contributed by atoms with E-state index in [1.165, 1.54) is 64.7 Å². The van der Waals surface area contributed by atoms with Gasteiger partial charge in [0, 0.05) is 13.3 Å². The topological polar surface area (TPSA) is 43.4 Å². The van der Waals surface area contributed by atoms with E-state index in [0.717, 1.165) is 21.0 Å². The van der Waals surface area contributed by atoms with E-state index in [1.807, 2.05) is 11.9 Å². The molecule has 1 atom stereocenters. The zero-order valence-corrected chi connectivity index (χ0v) is 16.3. The summed E-state index contributed by atoms with van der Waals surface area (Å²) in [6.45, 7) is 3.61. The molecule has 1 aliphatic heterocycles. The van der Waals surface area contributed by atoms with Gasteiger partial charge < -0.3 is 4.74 Å². The Morgan fingerprint density at radius 1 is 0.917 bits per heavy atom. The minimum Gasteiger partial charge on any atom is -0.438 e. The van der Waals surface area contributed by atoms with Crippen LogP contribution in [0.3, 0.4) is 0 Å². The van der Waals surface area contributed by atoms with Crippen molar-refractivity contribution in [2.45, 2.75) is 96.2 Å². The lowest BCUT2D eigenvalue weighted by Gasteiger charge is -2.22. The number of hydrogen-bond acceptors (Lipinski definition) is 3. The van der Waals surface area contributed by atoms with Gasteiger partial charge in [-0.15, -0.1) is 0 Å². The molecule has 0 N–H and O–H groups in total. The second kappa shape index (κ2) is 12.4. The van der Waals surface area contributed by atoms with E-state index in [1.54, 1.807) is 6.08 Å². The number of ketones is 1. The number of carbonyl (C=O) groups excluding carboxylic acids is 2. The number of ether oxygens (including phenoxy) is 1. The summed E-state index contributed by atoms with van der Waals surface area (Å²) < 4.78 is 5.29. The average molecular weight is 352 g/mol. The van der Waals surface area contributed by atoms with Gasteiger partial charge in [-0.1, -0.05) is 77.2 Å². The first-order valence-electron chi connectivity index (χ1n) is 9.56. The zero-order chi connectivity index (χ0) is 17.7. The Hall–Kier alpha value is -0.950. The Labute approximate surface area is 149 Å². The van der Waals surface area contributed by atoms with Gasteiger partial charge in [-0.25, -0.2) is 0 Å². The summed E-state index contributed by atoms with van der Waals surface area (Å²) in [5.74, 6) is 1.50. The van der Waals surface area contributed by atoms with Gasteiger partial charge in [0.15, 0.2) is 5.78 Å². The highest BCUT2D eigenvalue weighted by Crippen LogP contribution is 2.34. The van der Waals surface area contributed by atoms with Crippen LogP contribution in [0.1, 0.15) is 90.9 Å². The number of hydrogen-bond donors (Lipinski definition) is 0. The van der Waals surface area contributed by atoms with E-state index < -0.39 is 11.3 Å². The Balaban J connectivity index is 2.06. The Morgan fingerprint density at radius 2 is 1.46 bits per heavy atom. The molecule has 0 radical (unpaired) electrons. The van der Waals surface area contributed by atoms with Crippen LogP contribution in [0, 0.1) is 0 Å². The summed E-state index contributed by atoms with van der Waals surface area (Å²) in [6.07, 6.45) is 17.9.